The van der Waals surface area contributed by atoms with Crippen molar-refractivity contribution >= 4 is 34.7 Å². The van der Waals surface area contributed by atoms with Crippen LogP contribution in [0, 0.1) is 12.8 Å². The van der Waals surface area contributed by atoms with Crippen LogP contribution < -0.4 is 14.4 Å². The van der Waals surface area contributed by atoms with Gasteiger partial charge in [0.2, 0.25) is 0 Å². The number of aliphatic hydroxyl groups is 1. The van der Waals surface area contributed by atoms with Crippen molar-refractivity contribution < 1.29 is 24.2 Å². The maximum Gasteiger partial charge on any atom is 0.300 e. The fourth-order valence-electron chi connectivity index (χ4n) is 4.30. The standard InChI is InChI=1S/C30H30ClNO5/c1-5-36-25-16-21(12-13-24(25)31)28(33)26-27(20-9-7-11-23(15-20)37-17-18(2)3)32(30(35)29(26)34)22-10-6-8-19(4)14-22/h6-16,18,27,33H,5,17H2,1-4H3/b28-26-. The van der Waals surface area contributed by atoms with Gasteiger partial charge in [-0.05, 0) is 73.4 Å². The number of amides is 1. The lowest BCUT2D eigenvalue weighted by Gasteiger charge is -2.26. The number of halogens is 1. The van der Waals surface area contributed by atoms with Gasteiger partial charge in [0.25, 0.3) is 11.7 Å². The van der Waals surface area contributed by atoms with Crippen LogP contribution in [-0.4, -0.2) is 30.0 Å². The summed E-state index contributed by atoms with van der Waals surface area (Å²) in [6, 6.07) is 18.5. The molecule has 7 heteroatoms. The fraction of sp³-hybridized carbons (Fsp3) is 0.267. The van der Waals surface area contributed by atoms with Crippen LogP contribution in [0.3, 0.4) is 0 Å². The Labute approximate surface area is 222 Å². The van der Waals surface area contributed by atoms with Crippen LogP contribution >= 0.6 is 11.6 Å². The number of aliphatic hydroxyl groups excluding tert-OH is 1. The molecule has 1 atom stereocenters. The van der Waals surface area contributed by atoms with E-state index in [0.717, 1.165) is 5.56 Å². The van der Waals surface area contributed by atoms with Gasteiger partial charge in [0, 0.05) is 11.3 Å². The number of nitrogens with zero attached hydrogens (tertiary/aromatic N) is 1. The minimum atomic E-state index is -0.865. The van der Waals surface area contributed by atoms with Crippen LogP contribution in [0.2, 0.25) is 5.02 Å². The molecule has 0 spiro atoms. The van der Waals surface area contributed by atoms with E-state index >= 15 is 0 Å². The van der Waals surface area contributed by atoms with E-state index in [2.05, 4.69) is 13.8 Å². The van der Waals surface area contributed by atoms with Gasteiger partial charge in [0.15, 0.2) is 0 Å². The van der Waals surface area contributed by atoms with Crippen molar-refractivity contribution in [3.8, 4) is 11.5 Å². The first-order chi connectivity index (χ1) is 17.7. The highest BCUT2D eigenvalue weighted by atomic mass is 35.5. The molecule has 6 nitrogen and oxygen atoms in total. The van der Waals surface area contributed by atoms with E-state index in [0.29, 0.717) is 52.5 Å². The molecule has 3 aromatic rings. The number of Topliss-reactive ketones (excluding diaryl/α,β-unsaturated/α-hetero) is 1. The maximum atomic E-state index is 13.5. The summed E-state index contributed by atoms with van der Waals surface area (Å²) in [5.74, 6) is -0.473. The van der Waals surface area contributed by atoms with Crippen LogP contribution in [0.25, 0.3) is 5.76 Å². The molecule has 0 aliphatic carbocycles. The molecule has 3 aromatic carbocycles. The van der Waals surface area contributed by atoms with Crippen molar-refractivity contribution in [1.82, 2.24) is 0 Å². The first kappa shape index (κ1) is 26.3. The molecule has 1 N–H and O–H groups in total. The van der Waals surface area contributed by atoms with E-state index in [9.17, 15) is 14.7 Å². The summed E-state index contributed by atoms with van der Waals surface area (Å²) >= 11 is 6.24. The zero-order valence-corrected chi connectivity index (χ0v) is 22.1. The Hall–Kier alpha value is -3.77. The number of ether oxygens (including phenoxy) is 2. The highest BCUT2D eigenvalue weighted by Crippen LogP contribution is 2.43. The van der Waals surface area contributed by atoms with Crippen molar-refractivity contribution in [3.63, 3.8) is 0 Å². The van der Waals surface area contributed by atoms with Crippen molar-refractivity contribution in [2.45, 2.75) is 33.7 Å². The van der Waals surface area contributed by atoms with E-state index < -0.39 is 17.7 Å². The number of aryl methyl sites for hydroxylation is 1. The average Bonchev–Trinajstić information content (AvgIpc) is 3.14. The van der Waals surface area contributed by atoms with Gasteiger partial charge >= 0.3 is 0 Å². The lowest BCUT2D eigenvalue weighted by atomic mass is 9.94. The number of ketones is 1. The molecule has 0 radical (unpaired) electrons. The topological polar surface area (TPSA) is 76.1 Å². The minimum Gasteiger partial charge on any atom is -0.507 e. The predicted molar refractivity (Wildman–Crippen MR) is 145 cm³/mol. The molecule has 4 rings (SSSR count). The molecule has 0 saturated carbocycles. The number of carbonyl (C=O) groups excluding carboxylic acids is 2. The summed E-state index contributed by atoms with van der Waals surface area (Å²) in [6.45, 7) is 8.75. The Balaban J connectivity index is 1.90. The molecule has 192 valence electrons. The number of hydrogen-bond acceptors (Lipinski definition) is 5. The molecule has 1 aliphatic rings. The lowest BCUT2D eigenvalue weighted by Crippen LogP contribution is -2.29. The van der Waals surface area contributed by atoms with Crippen LogP contribution in [0.15, 0.2) is 72.3 Å². The summed E-state index contributed by atoms with van der Waals surface area (Å²) in [5.41, 5.74) is 2.45. The first-order valence-electron chi connectivity index (χ1n) is 12.2. The Morgan fingerprint density at radius 3 is 2.49 bits per heavy atom. The summed E-state index contributed by atoms with van der Waals surface area (Å²) in [7, 11) is 0. The third-order valence-corrected chi connectivity index (χ3v) is 6.30. The second kappa shape index (κ2) is 11.1. The number of anilines is 1. The largest absolute Gasteiger partial charge is 0.507 e. The molecule has 1 aliphatic heterocycles. The normalized spacial score (nSPS) is 16.9. The molecule has 1 unspecified atom stereocenters. The van der Waals surface area contributed by atoms with Gasteiger partial charge in [-0.2, -0.15) is 0 Å². The van der Waals surface area contributed by atoms with Crippen molar-refractivity contribution in [2.24, 2.45) is 5.92 Å². The van der Waals surface area contributed by atoms with Gasteiger partial charge in [-0.3, -0.25) is 14.5 Å². The monoisotopic (exact) mass is 519 g/mol. The SMILES string of the molecule is CCOc1cc(/C(O)=C2/C(=O)C(=O)N(c3cccc(C)c3)C2c2cccc(OCC(C)C)c2)ccc1Cl. The van der Waals surface area contributed by atoms with Crippen LogP contribution in [0.4, 0.5) is 5.69 Å². The highest BCUT2D eigenvalue weighted by Gasteiger charge is 2.47. The van der Waals surface area contributed by atoms with Crippen LogP contribution in [0.1, 0.15) is 43.5 Å². The molecule has 1 saturated heterocycles. The molecule has 37 heavy (non-hydrogen) atoms. The molecular formula is C30H30ClNO5. The predicted octanol–water partition coefficient (Wildman–Crippen LogP) is 6.71. The smallest absolute Gasteiger partial charge is 0.300 e. The summed E-state index contributed by atoms with van der Waals surface area (Å²) in [6.07, 6.45) is 0. The molecular weight excluding hydrogens is 490 g/mol. The Morgan fingerprint density at radius 2 is 1.78 bits per heavy atom. The zero-order chi connectivity index (χ0) is 26.7. The number of benzene rings is 3. The lowest BCUT2D eigenvalue weighted by molar-refractivity contribution is -0.132. The van der Waals surface area contributed by atoms with Gasteiger partial charge in [-0.15, -0.1) is 0 Å². The van der Waals surface area contributed by atoms with Gasteiger partial charge in [0.1, 0.15) is 17.3 Å². The Bertz CT molecular complexity index is 1360. The van der Waals surface area contributed by atoms with Crippen molar-refractivity contribution in [3.05, 3.63) is 94.0 Å². The molecule has 1 amide bonds. The summed E-state index contributed by atoms with van der Waals surface area (Å²) < 4.78 is 11.5. The van der Waals surface area contributed by atoms with Crippen LogP contribution in [0.5, 0.6) is 11.5 Å². The average molecular weight is 520 g/mol. The summed E-state index contributed by atoms with van der Waals surface area (Å²) in [5, 5.41) is 11.8. The molecule has 1 heterocycles. The van der Waals surface area contributed by atoms with Crippen molar-refractivity contribution in [1.29, 1.82) is 0 Å². The summed E-state index contributed by atoms with van der Waals surface area (Å²) in [4.78, 5) is 28.3. The minimum absolute atomic E-state index is 0.0164. The quantitative estimate of drug-likeness (QED) is 0.203. The Morgan fingerprint density at radius 1 is 1.03 bits per heavy atom. The van der Waals surface area contributed by atoms with Gasteiger partial charge in [0.05, 0.1) is 29.9 Å². The van der Waals surface area contributed by atoms with Gasteiger partial charge in [-0.1, -0.05) is 49.7 Å². The van der Waals surface area contributed by atoms with Crippen LogP contribution in [-0.2, 0) is 9.59 Å². The third kappa shape index (κ3) is 5.49. The second-order valence-electron chi connectivity index (χ2n) is 9.36. The molecule has 1 fully saturated rings. The van der Waals surface area contributed by atoms with Gasteiger partial charge < -0.3 is 14.6 Å². The number of hydrogen-bond donors (Lipinski definition) is 1. The molecule has 0 aromatic heterocycles. The second-order valence-corrected chi connectivity index (χ2v) is 9.77. The highest BCUT2D eigenvalue weighted by molar-refractivity contribution is 6.51. The fourth-order valence-corrected chi connectivity index (χ4v) is 4.47. The third-order valence-electron chi connectivity index (χ3n) is 5.99. The van der Waals surface area contributed by atoms with Crippen molar-refractivity contribution in [2.75, 3.05) is 18.1 Å². The van der Waals surface area contributed by atoms with E-state index in [-0.39, 0.29) is 11.3 Å². The first-order valence-corrected chi connectivity index (χ1v) is 12.6. The van der Waals surface area contributed by atoms with E-state index in [1.54, 1.807) is 24.3 Å². The number of carbonyl (C=O) groups is 2. The molecule has 0 bridgehead atoms. The van der Waals surface area contributed by atoms with E-state index in [1.807, 2.05) is 56.3 Å². The number of rotatable bonds is 8. The van der Waals surface area contributed by atoms with Gasteiger partial charge in [-0.25, -0.2) is 0 Å². The maximum absolute atomic E-state index is 13.5. The Kier molecular flexibility index (Phi) is 7.89. The van der Waals surface area contributed by atoms with E-state index in [4.69, 9.17) is 21.1 Å². The van der Waals surface area contributed by atoms with E-state index in [1.165, 1.54) is 4.90 Å². The zero-order valence-electron chi connectivity index (χ0n) is 21.3.